The molecule has 0 aromatic heterocycles. The number of hydrogen-bond acceptors (Lipinski definition) is 1. The summed E-state index contributed by atoms with van der Waals surface area (Å²) in [5.41, 5.74) is 3.81. The molecule has 6 aliphatic carbocycles. The molecule has 0 radical (unpaired) electrons. The third kappa shape index (κ3) is 1.26. The average Bonchev–Trinajstić information content (AvgIpc) is 3.09. The minimum atomic E-state index is 0.167. The monoisotopic (exact) mass is 256 g/mol. The lowest BCUT2D eigenvalue weighted by Crippen LogP contribution is -2.47. The SMILES string of the molecule is COC12CCC(CC1)C1=C2CC2C3C=CC(C3)C2C1. The molecule has 1 heteroatoms. The minimum absolute atomic E-state index is 0.167. The van der Waals surface area contributed by atoms with Crippen molar-refractivity contribution in [1.29, 1.82) is 0 Å². The van der Waals surface area contributed by atoms with Gasteiger partial charge in [-0.25, -0.2) is 0 Å². The first-order chi connectivity index (χ1) is 9.31. The molecule has 6 rings (SSSR count). The first-order valence-corrected chi connectivity index (χ1v) is 8.26. The Bertz CT molecular complexity index is 478. The summed E-state index contributed by atoms with van der Waals surface area (Å²) in [5, 5.41) is 0. The van der Waals surface area contributed by atoms with E-state index in [1.165, 1.54) is 44.9 Å². The molecule has 0 spiro atoms. The van der Waals surface area contributed by atoms with E-state index in [1.807, 2.05) is 12.7 Å². The molecule has 0 heterocycles. The summed E-state index contributed by atoms with van der Waals surface area (Å²) in [4.78, 5) is 0. The predicted molar refractivity (Wildman–Crippen MR) is 75.7 cm³/mol. The van der Waals surface area contributed by atoms with Gasteiger partial charge in [-0.3, -0.25) is 0 Å². The lowest BCUT2D eigenvalue weighted by Gasteiger charge is -2.53. The van der Waals surface area contributed by atoms with Crippen molar-refractivity contribution in [3.8, 4) is 0 Å². The van der Waals surface area contributed by atoms with Crippen LogP contribution in [0.1, 0.15) is 44.9 Å². The summed E-state index contributed by atoms with van der Waals surface area (Å²) >= 11 is 0. The molecular formula is C18H24O. The van der Waals surface area contributed by atoms with Gasteiger partial charge in [0.2, 0.25) is 0 Å². The van der Waals surface area contributed by atoms with E-state index in [-0.39, 0.29) is 5.60 Å². The Labute approximate surface area is 116 Å². The zero-order valence-electron chi connectivity index (χ0n) is 11.9. The van der Waals surface area contributed by atoms with Gasteiger partial charge in [-0.05, 0) is 80.1 Å². The van der Waals surface area contributed by atoms with Crippen LogP contribution in [0.3, 0.4) is 0 Å². The lowest BCUT2D eigenvalue weighted by atomic mass is 9.56. The van der Waals surface area contributed by atoms with Gasteiger partial charge in [-0.1, -0.05) is 17.7 Å². The van der Waals surface area contributed by atoms with Crippen LogP contribution in [0.15, 0.2) is 23.3 Å². The molecule has 4 unspecified atom stereocenters. The van der Waals surface area contributed by atoms with Crippen LogP contribution in [0, 0.1) is 29.6 Å². The summed E-state index contributed by atoms with van der Waals surface area (Å²) in [5.74, 6) is 4.69. The molecule has 2 fully saturated rings. The van der Waals surface area contributed by atoms with Crippen molar-refractivity contribution in [1.82, 2.24) is 0 Å². The summed E-state index contributed by atoms with van der Waals surface area (Å²) in [6, 6.07) is 0. The first kappa shape index (κ1) is 11.1. The topological polar surface area (TPSA) is 9.23 Å². The number of fused-ring (bicyclic) bond motifs is 7. The number of methoxy groups -OCH3 is 1. The van der Waals surface area contributed by atoms with E-state index < -0.39 is 0 Å². The Morgan fingerprint density at radius 2 is 1.74 bits per heavy atom. The van der Waals surface area contributed by atoms with Crippen molar-refractivity contribution >= 4 is 0 Å². The maximum Gasteiger partial charge on any atom is 0.0891 e. The standard InChI is InChI=1S/C18H24O/c1-19-18-6-4-11(5-7-18)16-9-14-12-2-3-13(8-12)15(14)10-17(16)18/h2-3,11-15H,4-10H2,1H3. The van der Waals surface area contributed by atoms with Gasteiger partial charge < -0.3 is 4.74 Å². The van der Waals surface area contributed by atoms with Crippen molar-refractivity contribution in [2.24, 2.45) is 29.6 Å². The fourth-order valence-corrected chi connectivity index (χ4v) is 6.33. The molecule has 0 saturated heterocycles. The Morgan fingerprint density at radius 1 is 1.05 bits per heavy atom. The van der Waals surface area contributed by atoms with Crippen LogP contribution in [0.4, 0.5) is 0 Å². The van der Waals surface area contributed by atoms with Crippen molar-refractivity contribution < 1.29 is 4.74 Å². The Kier molecular flexibility index (Phi) is 2.08. The van der Waals surface area contributed by atoms with Gasteiger partial charge >= 0.3 is 0 Å². The Morgan fingerprint density at radius 3 is 2.42 bits per heavy atom. The number of allylic oxidation sites excluding steroid dienone is 3. The lowest BCUT2D eigenvalue weighted by molar-refractivity contribution is -0.0393. The van der Waals surface area contributed by atoms with Crippen LogP contribution in [-0.2, 0) is 4.74 Å². The van der Waals surface area contributed by atoms with Gasteiger partial charge in [0, 0.05) is 7.11 Å². The van der Waals surface area contributed by atoms with Gasteiger partial charge in [0.15, 0.2) is 0 Å². The van der Waals surface area contributed by atoms with Crippen LogP contribution >= 0.6 is 0 Å². The van der Waals surface area contributed by atoms with E-state index in [4.69, 9.17) is 4.74 Å². The van der Waals surface area contributed by atoms with Gasteiger partial charge in [-0.15, -0.1) is 0 Å². The molecule has 4 atom stereocenters. The minimum Gasteiger partial charge on any atom is -0.374 e. The van der Waals surface area contributed by atoms with E-state index in [9.17, 15) is 0 Å². The van der Waals surface area contributed by atoms with E-state index in [0.717, 1.165) is 29.6 Å². The molecule has 0 aromatic carbocycles. The van der Waals surface area contributed by atoms with Crippen LogP contribution < -0.4 is 0 Å². The van der Waals surface area contributed by atoms with Crippen LogP contribution in [0.5, 0.6) is 0 Å². The van der Waals surface area contributed by atoms with Crippen LogP contribution in [0.25, 0.3) is 0 Å². The van der Waals surface area contributed by atoms with Crippen molar-refractivity contribution in [3.63, 3.8) is 0 Å². The quantitative estimate of drug-likeness (QED) is 0.642. The Hall–Kier alpha value is -0.560. The molecule has 6 aliphatic rings. The van der Waals surface area contributed by atoms with Crippen LogP contribution in [-0.4, -0.2) is 12.7 Å². The van der Waals surface area contributed by atoms with Crippen LogP contribution in [0.2, 0.25) is 0 Å². The van der Waals surface area contributed by atoms with Gasteiger partial charge in [0.1, 0.15) is 0 Å². The predicted octanol–water partition coefficient (Wildman–Crippen LogP) is 4.10. The van der Waals surface area contributed by atoms with Gasteiger partial charge in [-0.2, -0.15) is 0 Å². The molecule has 0 aromatic rings. The Balaban J connectivity index is 1.58. The van der Waals surface area contributed by atoms with Gasteiger partial charge in [0.25, 0.3) is 0 Å². The number of rotatable bonds is 1. The maximum absolute atomic E-state index is 6.09. The molecule has 1 nitrogen and oxygen atoms in total. The summed E-state index contributed by atoms with van der Waals surface area (Å²) in [6.07, 6.45) is 14.7. The fraction of sp³-hybridized carbons (Fsp3) is 0.778. The zero-order chi connectivity index (χ0) is 12.6. The molecule has 4 bridgehead atoms. The number of hydrogen-bond donors (Lipinski definition) is 0. The number of ether oxygens (including phenoxy) is 1. The maximum atomic E-state index is 6.09. The normalized spacial score (nSPS) is 53.6. The molecule has 0 aliphatic heterocycles. The molecule has 0 N–H and O–H groups in total. The molecular weight excluding hydrogens is 232 g/mol. The largest absolute Gasteiger partial charge is 0.374 e. The van der Waals surface area contributed by atoms with E-state index in [1.54, 1.807) is 5.57 Å². The van der Waals surface area contributed by atoms with E-state index >= 15 is 0 Å². The second kappa shape index (κ2) is 3.55. The molecule has 102 valence electrons. The van der Waals surface area contributed by atoms with Gasteiger partial charge in [0.05, 0.1) is 5.60 Å². The first-order valence-electron chi connectivity index (χ1n) is 8.26. The third-order valence-corrected chi connectivity index (χ3v) is 7.31. The second-order valence-electron chi connectivity index (χ2n) is 7.66. The average molecular weight is 256 g/mol. The highest BCUT2D eigenvalue weighted by Gasteiger charge is 2.54. The fourth-order valence-electron chi connectivity index (χ4n) is 6.33. The summed E-state index contributed by atoms with van der Waals surface area (Å²) in [6.45, 7) is 0. The van der Waals surface area contributed by atoms with Crippen molar-refractivity contribution in [2.75, 3.05) is 7.11 Å². The highest BCUT2D eigenvalue weighted by molar-refractivity contribution is 5.38. The van der Waals surface area contributed by atoms with E-state index in [0.29, 0.717) is 0 Å². The highest BCUT2D eigenvalue weighted by atomic mass is 16.5. The molecule has 2 saturated carbocycles. The third-order valence-electron chi connectivity index (χ3n) is 7.31. The highest BCUT2D eigenvalue weighted by Crippen LogP contribution is 2.62. The second-order valence-corrected chi connectivity index (χ2v) is 7.66. The van der Waals surface area contributed by atoms with Crippen molar-refractivity contribution in [2.45, 2.75) is 50.5 Å². The van der Waals surface area contributed by atoms with Crippen molar-refractivity contribution in [3.05, 3.63) is 23.3 Å². The summed E-state index contributed by atoms with van der Waals surface area (Å²) < 4.78 is 6.09. The summed E-state index contributed by atoms with van der Waals surface area (Å²) in [7, 11) is 1.96. The molecule has 19 heavy (non-hydrogen) atoms. The zero-order valence-corrected chi connectivity index (χ0v) is 11.9. The van der Waals surface area contributed by atoms with E-state index in [2.05, 4.69) is 12.2 Å². The molecule has 0 amide bonds. The smallest absolute Gasteiger partial charge is 0.0891 e.